The van der Waals surface area contributed by atoms with E-state index in [1.54, 1.807) is 16.7 Å². The highest BCUT2D eigenvalue weighted by Gasteiger charge is 2.28. The molecular weight excluding hydrogens is 394 g/mol. The van der Waals surface area contributed by atoms with Crippen molar-refractivity contribution in [3.8, 4) is 11.1 Å². The molecule has 0 saturated heterocycles. The van der Waals surface area contributed by atoms with Crippen molar-refractivity contribution < 1.29 is 19.4 Å². The van der Waals surface area contributed by atoms with Crippen molar-refractivity contribution in [2.24, 2.45) is 0 Å². The Hall–Kier alpha value is -4.13. The monoisotopic (exact) mass is 413 g/mol. The summed E-state index contributed by atoms with van der Waals surface area (Å²) in [5.74, 6) is -1.00. The fraction of sp³-hybridized carbons (Fsp3) is 0.125. The first-order chi connectivity index (χ1) is 15.1. The van der Waals surface area contributed by atoms with Crippen molar-refractivity contribution in [2.45, 2.75) is 12.5 Å². The van der Waals surface area contributed by atoms with Crippen LogP contribution in [0.4, 0.5) is 4.79 Å². The number of pyridine rings is 1. The molecule has 0 spiro atoms. The van der Waals surface area contributed by atoms with E-state index in [9.17, 15) is 9.59 Å². The van der Waals surface area contributed by atoms with Gasteiger partial charge in [0, 0.05) is 18.3 Å². The van der Waals surface area contributed by atoms with Gasteiger partial charge in [-0.3, -0.25) is 0 Å². The van der Waals surface area contributed by atoms with Crippen LogP contribution in [0.2, 0.25) is 0 Å². The zero-order valence-corrected chi connectivity index (χ0v) is 16.5. The van der Waals surface area contributed by atoms with Crippen LogP contribution < -0.4 is 5.32 Å². The Kier molecular flexibility index (Phi) is 4.63. The van der Waals surface area contributed by atoms with E-state index in [4.69, 9.17) is 9.84 Å². The molecule has 2 aromatic carbocycles. The van der Waals surface area contributed by atoms with E-state index in [0.29, 0.717) is 11.3 Å². The van der Waals surface area contributed by atoms with E-state index < -0.39 is 12.1 Å². The molecule has 31 heavy (non-hydrogen) atoms. The fourth-order valence-corrected chi connectivity index (χ4v) is 4.07. The number of carboxylic acid groups (broad SMARTS) is 1. The van der Waals surface area contributed by atoms with Gasteiger partial charge in [0.25, 0.3) is 0 Å². The number of nitrogens with zero attached hydrogens (tertiary/aromatic N) is 2. The molecule has 5 rings (SSSR count). The summed E-state index contributed by atoms with van der Waals surface area (Å²) < 4.78 is 7.15. The minimum absolute atomic E-state index is 0.00258. The molecule has 2 N–H and O–H groups in total. The summed E-state index contributed by atoms with van der Waals surface area (Å²) in [6.07, 6.45) is 2.65. The number of alkyl carbamates (subject to hydrolysis) is 1. The van der Waals surface area contributed by atoms with Crippen LogP contribution in [0.25, 0.3) is 16.8 Å². The maximum absolute atomic E-state index is 12.3. The number of amides is 1. The van der Waals surface area contributed by atoms with Gasteiger partial charge in [-0.05, 0) is 34.4 Å². The molecule has 2 aromatic heterocycles. The molecule has 2 heterocycles. The van der Waals surface area contributed by atoms with Crippen LogP contribution in [0.15, 0.2) is 73.1 Å². The van der Waals surface area contributed by atoms with Crippen molar-refractivity contribution >= 4 is 17.7 Å². The molecule has 0 radical (unpaired) electrons. The van der Waals surface area contributed by atoms with Gasteiger partial charge in [-0.25, -0.2) is 14.6 Å². The first kappa shape index (κ1) is 18.9. The lowest BCUT2D eigenvalue weighted by Crippen LogP contribution is -2.25. The first-order valence-corrected chi connectivity index (χ1v) is 9.90. The normalized spacial score (nSPS) is 12.4. The average Bonchev–Trinajstić information content (AvgIpc) is 3.34. The number of hydrogen-bond donors (Lipinski definition) is 2. The number of benzene rings is 2. The quantitative estimate of drug-likeness (QED) is 0.514. The molecule has 7 heteroatoms. The second-order valence-corrected chi connectivity index (χ2v) is 7.40. The molecule has 1 amide bonds. The Morgan fingerprint density at radius 2 is 1.65 bits per heavy atom. The molecule has 154 valence electrons. The van der Waals surface area contributed by atoms with Gasteiger partial charge in [0.1, 0.15) is 12.3 Å². The van der Waals surface area contributed by atoms with E-state index in [0.717, 1.165) is 11.1 Å². The van der Waals surface area contributed by atoms with Crippen molar-refractivity contribution in [1.29, 1.82) is 0 Å². The number of hydrogen-bond acceptors (Lipinski definition) is 4. The second kappa shape index (κ2) is 7.60. The molecule has 0 saturated carbocycles. The number of imidazole rings is 1. The minimum Gasteiger partial charge on any atom is -0.478 e. The molecule has 1 aliphatic rings. The number of nitrogens with one attached hydrogen (secondary N) is 1. The SMILES string of the molecule is O=C(NCc1cn2cc(C(=O)O)ccc2n1)OCC1c2ccccc2-c2ccccc21. The Labute approximate surface area is 177 Å². The van der Waals surface area contributed by atoms with Gasteiger partial charge in [0.15, 0.2) is 0 Å². The van der Waals surface area contributed by atoms with Crippen LogP contribution in [0, 0.1) is 0 Å². The molecule has 7 nitrogen and oxygen atoms in total. The van der Waals surface area contributed by atoms with Crippen LogP contribution in [0.5, 0.6) is 0 Å². The van der Waals surface area contributed by atoms with Crippen molar-refractivity contribution in [3.05, 3.63) is 95.4 Å². The molecule has 0 unspecified atom stereocenters. The number of aromatic carboxylic acids is 1. The van der Waals surface area contributed by atoms with Gasteiger partial charge >= 0.3 is 12.1 Å². The number of carbonyl (C=O) groups is 2. The number of ether oxygens (including phenoxy) is 1. The lowest BCUT2D eigenvalue weighted by atomic mass is 9.98. The van der Waals surface area contributed by atoms with Crippen molar-refractivity contribution in [3.63, 3.8) is 0 Å². The van der Waals surface area contributed by atoms with E-state index in [1.807, 2.05) is 24.3 Å². The Balaban J connectivity index is 1.24. The van der Waals surface area contributed by atoms with Crippen LogP contribution in [-0.4, -0.2) is 33.2 Å². The third kappa shape index (κ3) is 3.50. The smallest absolute Gasteiger partial charge is 0.407 e. The predicted molar refractivity (Wildman–Crippen MR) is 114 cm³/mol. The number of fused-ring (bicyclic) bond motifs is 4. The van der Waals surface area contributed by atoms with Crippen LogP contribution >= 0.6 is 0 Å². The highest BCUT2D eigenvalue weighted by atomic mass is 16.5. The topological polar surface area (TPSA) is 92.9 Å². The number of carbonyl (C=O) groups excluding carboxylic acids is 1. The van der Waals surface area contributed by atoms with Gasteiger partial charge in [-0.15, -0.1) is 0 Å². The molecule has 0 fully saturated rings. The largest absolute Gasteiger partial charge is 0.478 e. The van der Waals surface area contributed by atoms with Crippen molar-refractivity contribution in [2.75, 3.05) is 6.61 Å². The lowest BCUT2D eigenvalue weighted by Gasteiger charge is -2.14. The summed E-state index contributed by atoms with van der Waals surface area (Å²) >= 11 is 0. The Morgan fingerprint density at radius 1 is 0.968 bits per heavy atom. The molecule has 0 bridgehead atoms. The Morgan fingerprint density at radius 3 is 2.32 bits per heavy atom. The highest BCUT2D eigenvalue weighted by molar-refractivity contribution is 5.87. The summed E-state index contributed by atoms with van der Waals surface area (Å²) in [6.45, 7) is 0.424. The van der Waals surface area contributed by atoms with Gasteiger partial charge in [0.05, 0.1) is 17.8 Å². The second-order valence-electron chi connectivity index (χ2n) is 7.40. The highest BCUT2D eigenvalue weighted by Crippen LogP contribution is 2.44. The van der Waals surface area contributed by atoms with Gasteiger partial charge in [-0.1, -0.05) is 48.5 Å². The number of carboxylic acids is 1. The van der Waals surface area contributed by atoms with Crippen molar-refractivity contribution in [1.82, 2.24) is 14.7 Å². The van der Waals surface area contributed by atoms with Crippen LogP contribution in [0.3, 0.4) is 0 Å². The van der Waals surface area contributed by atoms with E-state index in [1.165, 1.54) is 23.4 Å². The minimum atomic E-state index is -1.01. The summed E-state index contributed by atoms with van der Waals surface area (Å²) in [7, 11) is 0. The van der Waals surface area contributed by atoms with E-state index in [2.05, 4.69) is 34.6 Å². The third-order valence-corrected chi connectivity index (χ3v) is 5.51. The Bertz CT molecular complexity index is 1270. The summed E-state index contributed by atoms with van der Waals surface area (Å²) in [6, 6.07) is 19.5. The van der Waals surface area contributed by atoms with Crippen LogP contribution in [-0.2, 0) is 11.3 Å². The van der Waals surface area contributed by atoms with Gasteiger partial charge < -0.3 is 19.6 Å². The summed E-state index contributed by atoms with van der Waals surface area (Å²) in [4.78, 5) is 27.8. The fourth-order valence-electron chi connectivity index (χ4n) is 4.07. The third-order valence-electron chi connectivity index (χ3n) is 5.51. The summed E-state index contributed by atoms with van der Waals surface area (Å²) in [5, 5.41) is 11.8. The maximum atomic E-state index is 12.3. The zero-order valence-electron chi connectivity index (χ0n) is 16.5. The zero-order chi connectivity index (χ0) is 21.4. The first-order valence-electron chi connectivity index (χ1n) is 9.90. The molecule has 0 aliphatic heterocycles. The van der Waals surface area contributed by atoms with Crippen LogP contribution in [0.1, 0.15) is 33.1 Å². The molecule has 1 aliphatic carbocycles. The summed E-state index contributed by atoms with van der Waals surface area (Å²) in [5.41, 5.74) is 6.05. The van der Waals surface area contributed by atoms with E-state index in [-0.39, 0.29) is 24.6 Å². The standard InChI is InChI=1S/C24H19N3O4/c28-23(29)15-9-10-22-26-16(13-27(22)12-15)11-25-24(30)31-14-21-19-7-3-1-5-17(19)18-6-2-4-8-20(18)21/h1-10,12-13,21H,11,14H2,(H,25,30)(H,28,29). The molecule has 0 atom stereocenters. The molecule has 4 aromatic rings. The number of rotatable bonds is 5. The maximum Gasteiger partial charge on any atom is 0.407 e. The number of aromatic nitrogens is 2. The lowest BCUT2D eigenvalue weighted by molar-refractivity contribution is 0.0696. The average molecular weight is 413 g/mol. The molecular formula is C24H19N3O4. The van der Waals surface area contributed by atoms with E-state index >= 15 is 0 Å². The van der Waals surface area contributed by atoms with Gasteiger partial charge in [-0.2, -0.15) is 0 Å². The van der Waals surface area contributed by atoms with Gasteiger partial charge in [0.2, 0.25) is 0 Å². The predicted octanol–water partition coefficient (Wildman–Crippen LogP) is 4.07.